The van der Waals surface area contributed by atoms with Gasteiger partial charge in [-0.1, -0.05) is 78.4 Å². The van der Waals surface area contributed by atoms with E-state index >= 15 is 0 Å². The average Bonchev–Trinajstić information content (AvgIpc) is 3.64. The third-order valence-electron chi connectivity index (χ3n) is 7.86. The first kappa shape index (κ1) is 30.2. The Labute approximate surface area is 242 Å². The first-order valence-corrected chi connectivity index (χ1v) is 15.1. The highest BCUT2D eigenvalue weighted by Crippen LogP contribution is 2.49. The minimum atomic E-state index is -4.27. The molecule has 9 heteroatoms. The maximum absolute atomic E-state index is 13.2. The Balaban J connectivity index is 0.000000296. The summed E-state index contributed by atoms with van der Waals surface area (Å²) in [7, 11) is -2.55. The number of imidazole rings is 1. The molecule has 2 N–H and O–H groups in total. The van der Waals surface area contributed by atoms with Gasteiger partial charge in [0.15, 0.2) is 0 Å². The van der Waals surface area contributed by atoms with E-state index in [4.69, 9.17) is 10.5 Å². The quantitative estimate of drug-likeness (QED) is 0.238. The highest BCUT2D eigenvalue weighted by atomic mass is 32.2. The summed E-state index contributed by atoms with van der Waals surface area (Å²) in [5.74, 6) is -0.132. The Morgan fingerprint density at radius 1 is 1.00 bits per heavy atom. The molecule has 1 aliphatic carbocycles. The zero-order valence-corrected chi connectivity index (χ0v) is 24.2. The number of ether oxygens (including phenoxy) is 1. The van der Waals surface area contributed by atoms with Gasteiger partial charge in [-0.2, -0.15) is 0 Å². The SMILES string of the molecule is COCC[n+]1ccn([C@H]2CC[C@H](C(C(N)=O)(c3ccccc3)c3ccccc3)C2)c1.Cc1ccc(S(=O)(=O)[O-])cc1. The van der Waals surface area contributed by atoms with Crippen molar-refractivity contribution in [3.05, 3.63) is 120 Å². The van der Waals surface area contributed by atoms with Gasteiger partial charge in [-0.3, -0.25) is 4.79 Å². The van der Waals surface area contributed by atoms with E-state index in [2.05, 4.69) is 27.9 Å². The van der Waals surface area contributed by atoms with Crippen molar-refractivity contribution in [3.63, 3.8) is 0 Å². The van der Waals surface area contributed by atoms with Crippen molar-refractivity contribution >= 4 is 16.0 Å². The summed E-state index contributed by atoms with van der Waals surface area (Å²) in [4.78, 5) is 13.0. The van der Waals surface area contributed by atoms with Gasteiger partial charge < -0.3 is 15.0 Å². The monoisotopic (exact) mass is 575 g/mol. The van der Waals surface area contributed by atoms with E-state index in [1.807, 2.05) is 67.6 Å². The number of primary amides is 1. The molecule has 0 bridgehead atoms. The van der Waals surface area contributed by atoms with Gasteiger partial charge in [-0.05, 0) is 55.4 Å². The fourth-order valence-electron chi connectivity index (χ4n) is 5.81. The van der Waals surface area contributed by atoms with Crippen LogP contribution in [0.3, 0.4) is 0 Å². The van der Waals surface area contributed by atoms with E-state index in [-0.39, 0.29) is 16.7 Å². The molecule has 2 atom stereocenters. The summed E-state index contributed by atoms with van der Waals surface area (Å²) in [6, 6.07) is 26.2. The number of nitrogens with zero attached hydrogens (tertiary/aromatic N) is 2. The molecule has 3 aromatic carbocycles. The molecule has 1 heterocycles. The van der Waals surface area contributed by atoms with Crippen LogP contribution in [0.15, 0.2) is 109 Å². The fraction of sp³-hybridized carbons (Fsp3) is 0.312. The molecule has 1 fully saturated rings. The number of hydrogen-bond acceptors (Lipinski definition) is 5. The van der Waals surface area contributed by atoms with E-state index in [1.165, 1.54) is 12.1 Å². The lowest BCUT2D eigenvalue weighted by Gasteiger charge is -2.37. The van der Waals surface area contributed by atoms with E-state index in [9.17, 15) is 17.8 Å². The fourth-order valence-corrected chi connectivity index (χ4v) is 6.28. The van der Waals surface area contributed by atoms with E-state index in [0.717, 1.165) is 42.5 Å². The number of amides is 1. The van der Waals surface area contributed by atoms with E-state index in [1.54, 1.807) is 19.2 Å². The lowest BCUT2D eigenvalue weighted by Crippen LogP contribution is -2.47. The van der Waals surface area contributed by atoms with Crippen molar-refractivity contribution < 1.29 is 27.1 Å². The molecule has 0 saturated heterocycles. The Hall–Kier alpha value is -3.79. The molecular weight excluding hydrogens is 538 g/mol. The van der Waals surface area contributed by atoms with Gasteiger partial charge in [-0.25, -0.2) is 17.6 Å². The highest BCUT2D eigenvalue weighted by Gasteiger charge is 2.50. The summed E-state index contributed by atoms with van der Waals surface area (Å²) in [6.45, 7) is 3.34. The molecule has 0 spiro atoms. The van der Waals surface area contributed by atoms with Crippen molar-refractivity contribution in [1.29, 1.82) is 0 Å². The molecule has 41 heavy (non-hydrogen) atoms. The molecule has 1 amide bonds. The molecule has 5 rings (SSSR count). The summed E-state index contributed by atoms with van der Waals surface area (Å²) in [5.41, 5.74) is 8.27. The van der Waals surface area contributed by atoms with Gasteiger partial charge in [0.2, 0.25) is 12.2 Å². The van der Waals surface area contributed by atoms with Gasteiger partial charge >= 0.3 is 0 Å². The van der Waals surface area contributed by atoms with Gasteiger partial charge in [0.05, 0.1) is 11.5 Å². The molecule has 0 radical (unpaired) electrons. The Morgan fingerprint density at radius 2 is 1.59 bits per heavy atom. The lowest BCUT2D eigenvalue weighted by molar-refractivity contribution is -0.697. The predicted molar refractivity (Wildman–Crippen MR) is 155 cm³/mol. The smallest absolute Gasteiger partial charge is 0.244 e. The van der Waals surface area contributed by atoms with Crippen molar-refractivity contribution in [3.8, 4) is 0 Å². The Kier molecular flexibility index (Phi) is 9.75. The Bertz CT molecular complexity index is 1480. The topological polar surface area (TPSA) is 118 Å². The highest BCUT2D eigenvalue weighted by molar-refractivity contribution is 7.85. The molecule has 1 aromatic heterocycles. The number of carbonyl (C=O) groups is 1. The number of rotatable bonds is 9. The van der Waals surface area contributed by atoms with Crippen LogP contribution in [0.25, 0.3) is 0 Å². The van der Waals surface area contributed by atoms with E-state index < -0.39 is 15.5 Å². The number of aryl methyl sites for hydroxylation is 1. The third-order valence-corrected chi connectivity index (χ3v) is 8.71. The maximum atomic E-state index is 13.2. The van der Waals surface area contributed by atoms with Gasteiger partial charge in [0.25, 0.3) is 0 Å². The third kappa shape index (κ3) is 6.93. The molecule has 0 unspecified atom stereocenters. The molecule has 0 aliphatic heterocycles. The first-order valence-electron chi connectivity index (χ1n) is 13.6. The summed E-state index contributed by atoms with van der Waals surface area (Å²) in [5, 5.41) is 0. The van der Waals surface area contributed by atoms with Crippen LogP contribution in [0.4, 0.5) is 0 Å². The number of carbonyl (C=O) groups excluding carboxylic acids is 1. The summed E-state index contributed by atoms with van der Waals surface area (Å²) < 4.78 is 40.8. The number of hydrogen-bond donors (Lipinski definition) is 1. The second kappa shape index (κ2) is 13.2. The lowest BCUT2D eigenvalue weighted by atomic mass is 9.64. The minimum Gasteiger partial charge on any atom is -0.744 e. The van der Waals surface area contributed by atoms with Gasteiger partial charge in [-0.15, -0.1) is 0 Å². The van der Waals surface area contributed by atoms with Crippen molar-refractivity contribution in [1.82, 2.24) is 4.57 Å². The standard InChI is InChI=1S/C25H29N3O2.C7H8O3S/c1-30-17-16-27-14-15-28(19-27)23-13-12-22(18-23)25(24(26)29,20-8-4-2-5-9-20)21-10-6-3-7-11-21;1-6-2-4-7(5-3-6)11(8,9)10/h2-11,14-15,19,22-23H,12-13,16-18H2,1H3,(H-,26,29);2-5H,1H3,(H,8,9,10)/t22-,23-;/m0./s1. The summed E-state index contributed by atoms with van der Waals surface area (Å²) in [6.07, 6.45) is 9.24. The number of methoxy groups -OCH3 is 1. The van der Waals surface area contributed by atoms with Crippen LogP contribution < -0.4 is 10.3 Å². The van der Waals surface area contributed by atoms with Crippen LogP contribution in [0, 0.1) is 12.8 Å². The van der Waals surface area contributed by atoms with Crippen LogP contribution in [0.5, 0.6) is 0 Å². The van der Waals surface area contributed by atoms with Crippen molar-refractivity contribution in [2.24, 2.45) is 11.7 Å². The Morgan fingerprint density at radius 3 is 2.10 bits per heavy atom. The second-order valence-corrected chi connectivity index (χ2v) is 11.8. The maximum Gasteiger partial charge on any atom is 0.244 e. The number of benzene rings is 3. The molecule has 1 saturated carbocycles. The molecular formula is C32H37N3O5S. The van der Waals surface area contributed by atoms with Crippen LogP contribution in [-0.2, 0) is 31.6 Å². The molecule has 1 aliphatic rings. The van der Waals surface area contributed by atoms with Crippen LogP contribution in [0.2, 0.25) is 0 Å². The van der Waals surface area contributed by atoms with Gasteiger partial charge in [0, 0.05) is 7.11 Å². The molecule has 8 nitrogen and oxygen atoms in total. The van der Waals surface area contributed by atoms with Crippen molar-refractivity contribution in [2.45, 2.75) is 49.1 Å². The number of nitrogens with two attached hydrogens (primary N) is 1. The first-order chi connectivity index (χ1) is 19.7. The van der Waals surface area contributed by atoms with Gasteiger partial charge in [0.1, 0.15) is 40.5 Å². The molecule has 4 aromatic rings. The summed E-state index contributed by atoms with van der Waals surface area (Å²) >= 11 is 0. The predicted octanol–water partition coefficient (Wildman–Crippen LogP) is 4.13. The zero-order valence-electron chi connectivity index (χ0n) is 23.4. The van der Waals surface area contributed by atoms with Crippen molar-refractivity contribution in [2.75, 3.05) is 13.7 Å². The van der Waals surface area contributed by atoms with Crippen LogP contribution >= 0.6 is 0 Å². The van der Waals surface area contributed by atoms with Crippen LogP contribution in [0.1, 0.15) is 42.0 Å². The van der Waals surface area contributed by atoms with E-state index in [0.29, 0.717) is 12.6 Å². The number of aromatic nitrogens is 2. The normalized spacial score (nSPS) is 17.0. The zero-order chi connectivity index (χ0) is 29.5. The molecule has 216 valence electrons. The minimum absolute atomic E-state index is 0.139. The average molecular weight is 576 g/mol. The largest absolute Gasteiger partial charge is 0.744 e. The second-order valence-electron chi connectivity index (χ2n) is 10.4. The van der Waals surface area contributed by atoms with Crippen LogP contribution in [-0.4, -0.2) is 37.2 Å².